The van der Waals surface area contributed by atoms with Gasteiger partial charge in [-0.05, 0) is 38.1 Å². The molecule has 11 N–H and O–H groups in total. The quantitative estimate of drug-likeness (QED) is 0.0988. The highest BCUT2D eigenvalue weighted by Crippen LogP contribution is 2.08. The number of nitrogens with one attached hydrogen (secondary N) is 3. The van der Waals surface area contributed by atoms with Crippen LogP contribution in [-0.2, 0) is 28.8 Å². The fourth-order valence-corrected chi connectivity index (χ4v) is 2.89. The number of carbonyl (C=O) groups excluding carboxylic acids is 4. The van der Waals surface area contributed by atoms with Crippen LogP contribution in [0.5, 0.6) is 0 Å². The smallest absolute Gasteiger partial charge is 0.326 e. The van der Waals surface area contributed by atoms with Crippen LogP contribution in [0.25, 0.3) is 0 Å². The molecule has 194 valence electrons. The summed E-state index contributed by atoms with van der Waals surface area (Å²) < 4.78 is 0. The largest absolute Gasteiger partial charge is 0.481 e. The fourth-order valence-electron chi connectivity index (χ4n) is 2.89. The molecule has 4 unspecified atom stereocenters. The standard InChI is InChI=1S/C20H36N6O8/c1-10(2)16(19(32)25-13(20(33)34)9-15(28)29)26-18(31)12(5-3-4-8-21)24-17(30)11(22)6-7-14(23)27/h10-13,16H,3-9,21-22H2,1-2H3,(H2,23,27)(H,24,30)(H,25,32)(H,26,31)(H,28,29)(H,33,34). The number of primary amides is 1. The molecule has 14 heteroatoms. The summed E-state index contributed by atoms with van der Waals surface area (Å²) in [4.78, 5) is 71.0. The minimum Gasteiger partial charge on any atom is -0.481 e. The number of hydrogen-bond acceptors (Lipinski definition) is 8. The number of unbranched alkanes of at least 4 members (excludes halogenated alkanes) is 1. The van der Waals surface area contributed by atoms with Gasteiger partial charge in [0, 0.05) is 6.42 Å². The Hall–Kier alpha value is -3.26. The molecule has 0 aromatic rings. The third-order valence-electron chi connectivity index (χ3n) is 4.86. The second-order valence-corrected chi connectivity index (χ2v) is 8.18. The summed E-state index contributed by atoms with van der Waals surface area (Å²) in [5, 5.41) is 25.1. The van der Waals surface area contributed by atoms with Crippen molar-refractivity contribution < 1.29 is 39.0 Å². The van der Waals surface area contributed by atoms with E-state index in [0.29, 0.717) is 19.4 Å². The zero-order valence-electron chi connectivity index (χ0n) is 19.4. The highest BCUT2D eigenvalue weighted by Gasteiger charge is 2.32. The molecule has 0 rings (SSSR count). The Balaban J connectivity index is 5.42. The lowest BCUT2D eigenvalue weighted by Crippen LogP contribution is -2.58. The molecule has 4 atom stereocenters. The Morgan fingerprint density at radius 3 is 1.88 bits per heavy atom. The average molecular weight is 489 g/mol. The molecular weight excluding hydrogens is 452 g/mol. The number of nitrogens with two attached hydrogens (primary N) is 3. The molecule has 0 bridgehead atoms. The molecule has 0 spiro atoms. The second kappa shape index (κ2) is 15.6. The van der Waals surface area contributed by atoms with Crippen LogP contribution in [-0.4, -0.2) is 76.5 Å². The van der Waals surface area contributed by atoms with Crippen LogP contribution in [0, 0.1) is 5.92 Å². The number of carboxylic acid groups (broad SMARTS) is 2. The van der Waals surface area contributed by atoms with E-state index < -0.39 is 72.1 Å². The van der Waals surface area contributed by atoms with E-state index in [2.05, 4.69) is 16.0 Å². The minimum atomic E-state index is -1.69. The molecule has 34 heavy (non-hydrogen) atoms. The molecule has 0 heterocycles. The molecule has 0 radical (unpaired) electrons. The Labute approximate surface area is 197 Å². The van der Waals surface area contributed by atoms with Gasteiger partial charge in [0.1, 0.15) is 18.1 Å². The molecule has 0 aliphatic heterocycles. The van der Waals surface area contributed by atoms with Crippen molar-refractivity contribution in [3.8, 4) is 0 Å². The SMILES string of the molecule is CC(C)C(NC(=O)C(CCCCN)NC(=O)C(N)CCC(N)=O)C(=O)NC(CC(=O)O)C(=O)O. The molecule has 14 nitrogen and oxygen atoms in total. The number of carboxylic acids is 2. The Bertz CT molecular complexity index is 745. The lowest BCUT2D eigenvalue weighted by atomic mass is 10.0. The van der Waals surface area contributed by atoms with Crippen LogP contribution >= 0.6 is 0 Å². The Morgan fingerprint density at radius 2 is 1.41 bits per heavy atom. The Morgan fingerprint density at radius 1 is 0.824 bits per heavy atom. The maximum Gasteiger partial charge on any atom is 0.326 e. The van der Waals surface area contributed by atoms with E-state index in [1.165, 1.54) is 0 Å². The summed E-state index contributed by atoms with van der Waals surface area (Å²) in [7, 11) is 0. The van der Waals surface area contributed by atoms with Crippen molar-refractivity contribution in [2.24, 2.45) is 23.1 Å². The van der Waals surface area contributed by atoms with Crippen molar-refractivity contribution in [3.05, 3.63) is 0 Å². The van der Waals surface area contributed by atoms with Gasteiger partial charge in [0.25, 0.3) is 0 Å². The summed E-state index contributed by atoms with van der Waals surface area (Å²) in [5.41, 5.74) is 16.3. The van der Waals surface area contributed by atoms with Crippen molar-refractivity contribution in [1.82, 2.24) is 16.0 Å². The topological polar surface area (TPSA) is 257 Å². The molecule has 0 saturated carbocycles. The first-order chi connectivity index (χ1) is 15.8. The molecule has 0 aromatic heterocycles. The van der Waals surface area contributed by atoms with Crippen molar-refractivity contribution in [2.45, 2.75) is 76.5 Å². The van der Waals surface area contributed by atoms with Crippen molar-refractivity contribution >= 4 is 35.6 Å². The predicted octanol–water partition coefficient (Wildman–Crippen LogP) is -2.62. The van der Waals surface area contributed by atoms with E-state index in [9.17, 15) is 28.8 Å². The number of rotatable bonds is 17. The van der Waals surface area contributed by atoms with Gasteiger partial charge in [0.15, 0.2) is 0 Å². The van der Waals surface area contributed by atoms with Crippen molar-refractivity contribution in [1.29, 1.82) is 0 Å². The third kappa shape index (κ3) is 12.1. The van der Waals surface area contributed by atoms with E-state index in [4.69, 9.17) is 27.4 Å². The zero-order valence-corrected chi connectivity index (χ0v) is 19.4. The lowest BCUT2D eigenvalue weighted by molar-refractivity contribution is -0.147. The van der Waals surface area contributed by atoms with E-state index in [0.717, 1.165) is 0 Å². The van der Waals surface area contributed by atoms with Crippen LogP contribution < -0.4 is 33.2 Å². The Kier molecular flexibility index (Phi) is 14.1. The van der Waals surface area contributed by atoms with Gasteiger partial charge in [-0.1, -0.05) is 13.8 Å². The molecule has 0 saturated heterocycles. The van der Waals surface area contributed by atoms with E-state index in [-0.39, 0.29) is 19.3 Å². The molecule has 0 fully saturated rings. The summed E-state index contributed by atoms with van der Waals surface area (Å²) in [6, 6.07) is -5.07. The van der Waals surface area contributed by atoms with Gasteiger partial charge in [-0.15, -0.1) is 0 Å². The predicted molar refractivity (Wildman–Crippen MR) is 120 cm³/mol. The number of hydrogen-bond donors (Lipinski definition) is 8. The van der Waals surface area contributed by atoms with E-state index >= 15 is 0 Å². The van der Waals surface area contributed by atoms with E-state index in [1.807, 2.05) is 0 Å². The minimum absolute atomic E-state index is 0.0184. The molecular formula is C20H36N6O8. The first-order valence-electron chi connectivity index (χ1n) is 10.9. The van der Waals surface area contributed by atoms with Crippen LogP contribution in [0.1, 0.15) is 52.4 Å². The van der Waals surface area contributed by atoms with Gasteiger partial charge in [0.05, 0.1) is 12.5 Å². The van der Waals surface area contributed by atoms with Gasteiger partial charge >= 0.3 is 11.9 Å². The summed E-state index contributed by atoms with van der Waals surface area (Å²) in [5.74, 6) is -6.38. The maximum atomic E-state index is 12.9. The van der Waals surface area contributed by atoms with Gasteiger partial charge in [-0.2, -0.15) is 0 Å². The number of amides is 4. The summed E-state index contributed by atoms with van der Waals surface area (Å²) >= 11 is 0. The van der Waals surface area contributed by atoms with Crippen LogP contribution in [0.2, 0.25) is 0 Å². The first kappa shape index (κ1) is 30.7. The van der Waals surface area contributed by atoms with Crippen LogP contribution in [0.15, 0.2) is 0 Å². The van der Waals surface area contributed by atoms with Gasteiger partial charge in [0.2, 0.25) is 23.6 Å². The fraction of sp³-hybridized carbons (Fsp3) is 0.700. The van der Waals surface area contributed by atoms with Crippen molar-refractivity contribution in [2.75, 3.05) is 6.54 Å². The normalized spacial score (nSPS) is 14.4. The molecule has 0 aliphatic rings. The molecule has 0 aliphatic carbocycles. The average Bonchev–Trinajstić information content (AvgIpc) is 2.73. The maximum absolute atomic E-state index is 12.9. The number of aliphatic carboxylic acids is 2. The van der Waals surface area contributed by atoms with Gasteiger partial charge < -0.3 is 43.4 Å². The van der Waals surface area contributed by atoms with Crippen molar-refractivity contribution in [3.63, 3.8) is 0 Å². The van der Waals surface area contributed by atoms with Gasteiger partial charge in [-0.25, -0.2) is 4.79 Å². The molecule has 0 aromatic carbocycles. The highest BCUT2D eigenvalue weighted by molar-refractivity contribution is 5.94. The third-order valence-corrected chi connectivity index (χ3v) is 4.86. The van der Waals surface area contributed by atoms with E-state index in [1.54, 1.807) is 13.8 Å². The summed E-state index contributed by atoms with van der Waals surface area (Å²) in [6.45, 7) is 3.55. The van der Waals surface area contributed by atoms with Crippen LogP contribution in [0.3, 0.4) is 0 Å². The molecule has 4 amide bonds. The lowest BCUT2D eigenvalue weighted by Gasteiger charge is -2.27. The summed E-state index contributed by atoms with van der Waals surface area (Å²) in [6.07, 6.45) is 0.243. The second-order valence-electron chi connectivity index (χ2n) is 8.18. The highest BCUT2D eigenvalue weighted by atomic mass is 16.4. The zero-order chi connectivity index (χ0) is 26.4. The first-order valence-corrected chi connectivity index (χ1v) is 10.9. The van der Waals surface area contributed by atoms with Crippen LogP contribution in [0.4, 0.5) is 0 Å². The monoisotopic (exact) mass is 488 g/mol. The number of carbonyl (C=O) groups is 6. The van der Waals surface area contributed by atoms with Gasteiger partial charge in [-0.3, -0.25) is 24.0 Å².